The maximum absolute atomic E-state index is 9.81. The van der Waals surface area contributed by atoms with Crippen LogP contribution in [0.15, 0.2) is 0 Å². The molecule has 41 valence electrons. The molecule has 1 heterocycles. The van der Waals surface area contributed by atoms with Crippen molar-refractivity contribution in [2.45, 2.75) is 12.8 Å². The van der Waals surface area contributed by atoms with Crippen molar-refractivity contribution in [3.8, 4) is 0 Å². The number of hydrogen-bond acceptors (Lipinski definition) is 2. The molecule has 0 aromatic carbocycles. The van der Waals surface area contributed by atoms with Gasteiger partial charge in [0.2, 0.25) is 0 Å². The lowest BCUT2D eigenvalue weighted by atomic mass is 10.4. The van der Waals surface area contributed by atoms with E-state index in [1.54, 1.807) is 5.01 Å². The minimum absolute atomic E-state index is 0.920. The summed E-state index contributed by atoms with van der Waals surface area (Å²) in [6, 6.07) is 0. The Morgan fingerprint density at radius 3 is 2.14 bits per heavy atom. The van der Waals surface area contributed by atoms with Crippen LogP contribution in [0.5, 0.6) is 0 Å². The number of rotatable bonds is 1. The van der Waals surface area contributed by atoms with Crippen LogP contribution in [0.2, 0.25) is 0 Å². The van der Waals surface area contributed by atoms with E-state index in [0.717, 1.165) is 25.9 Å². The van der Waals surface area contributed by atoms with Gasteiger partial charge in [-0.2, -0.15) is 0 Å². The van der Waals surface area contributed by atoms with E-state index in [-0.39, 0.29) is 0 Å². The Hall–Kier alpha value is -0.120. The maximum Gasteiger partial charge on any atom is 0.0154 e. The molecule has 0 aliphatic carbocycles. The Bertz CT molecular complexity index is 51.7. The van der Waals surface area contributed by atoms with Gasteiger partial charge in [-0.25, -0.2) is 5.01 Å². The number of nitrogens with one attached hydrogen (secondary N) is 1. The molecule has 1 radical (unpaired) electrons. The van der Waals surface area contributed by atoms with Gasteiger partial charge >= 0.3 is 0 Å². The Kier molecular flexibility index (Phi) is 1.62. The minimum atomic E-state index is 0.920. The predicted octanol–water partition coefficient (Wildman–Crippen LogP) is -0.0677. The monoisotopic (exact) mass is 101 g/mol. The van der Waals surface area contributed by atoms with E-state index in [4.69, 9.17) is 0 Å². The van der Waals surface area contributed by atoms with Crippen LogP contribution in [0.1, 0.15) is 12.8 Å². The quantitative estimate of drug-likeness (QED) is 0.469. The predicted molar refractivity (Wildman–Crippen MR) is 24.6 cm³/mol. The lowest BCUT2D eigenvalue weighted by Crippen LogP contribution is -2.30. The van der Waals surface area contributed by atoms with Crippen LogP contribution in [0.4, 0.5) is 0 Å². The van der Waals surface area contributed by atoms with E-state index in [9.17, 15) is 5.21 Å². The third-order valence-corrected chi connectivity index (χ3v) is 1.24. The van der Waals surface area contributed by atoms with Crippen molar-refractivity contribution in [2.75, 3.05) is 13.1 Å². The third-order valence-electron chi connectivity index (χ3n) is 1.24. The lowest BCUT2D eigenvalue weighted by Gasteiger charge is -2.06. The van der Waals surface area contributed by atoms with Crippen molar-refractivity contribution in [2.24, 2.45) is 0 Å². The highest BCUT2D eigenvalue weighted by atomic mass is 16.5. The summed E-state index contributed by atoms with van der Waals surface area (Å²) in [6.45, 7) is 1.84. The largest absolute Gasteiger partial charge is 0.218 e. The molecule has 3 nitrogen and oxygen atoms in total. The van der Waals surface area contributed by atoms with Gasteiger partial charge in [-0.3, -0.25) is 0 Å². The fraction of sp³-hybridized carbons (Fsp3) is 1.00. The smallest absolute Gasteiger partial charge is 0.0154 e. The number of nitrogens with zero attached hydrogens (tertiary/aromatic N) is 1. The molecule has 1 saturated heterocycles. The SMILES string of the molecule is [O]NN1CCCC1. The normalized spacial score (nSPS) is 23.6. The second-order valence-corrected chi connectivity index (χ2v) is 1.79. The fourth-order valence-electron chi connectivity index (χ4n) is 0.808. The Balaban J connectivity index is 2.14. The summed E-state index contributed by atoms with van der Waals surface area (Å²) in [5.74, 6) is 0. The van der Waals surface area contributed by atoms with Gasteiger partial charge in [0.15, 0.2) is 0 Å². The summed E-state index contributed by atoms with van der Waals surface area (Å²) in [5.41, 5.74) is 1.85. The molecule has 7 heavy (non-hydrogen) atoms. The highest BCUT2D eigenvalue weighted by Crippen LogP contribution is 2.01. The van der Waals surface area contributed by atoms with Crippen LogP contribution in [0, 0.1) is 0 Å². The van der Waals surface area contributed by atoms with Gasteiger partial charge in [0.05, 0.1) is 0 Å². The number of hydrogen-bond donors (Lipinski definition) is 1. The zero-order chi connectivity index (χ0) is 5.11. The number of hydrazine groups is 1. The lowest BCUT2D eigenvalue weighted by molar-refractivity contribution is -0.0614. The van der Waals surface area contributed by atoms with E-state index < -0.39 is 0 Å². The van der Waals surface area contributed by atoms with Crippen LogP contribution in [0.25, 0.3) is 0 Å². The summed E-state index contributed by atoms with van der Waals surface area (Å²) in [5, 5.41) is 11.5. The van der Waals surface area contributed by atoms with Crippen LogP contribution < -0.4 is 5.59 Å². The molecule has 0 aromatic heterocycles. The zero-order valence-electron chi connectivity index (χ0n) is 4.18. The molecule has 1 rings (SSSR count). The van der Waals surface area contributed by atoms with Crippen LogP contribution in [0.3, 0.4) is 0 Å². The topological polar surface area (TPSA) is 35.2 Å². The van der Waals surface area contributed by atoms with E-state index in [1.165, 1.54) is 0 Å². The van der Waals surface area contributed by atoms with Crippen LogP contribution in [-0.4, -0.2) is 18.1 Å². The zero-order valence-corrected chi connectivity index (χ0v) is 4.18. The van der Waals surface area contributed by atoms with Gasteiger partial charge in [-0.1, -0.05) is 5.59 Å². The van der Waals surface area contributed by atoms with Crippen molar-refractivity contribution < 1.29 is 5.21 Å². The van der Waals surface area contributed by atoms with Gasteiger partial charge in [0.25, 0.3) is 0 Å². The van der Waals surface area contributed by atoms with Gasteiger partial charge < -0.3 is 0 Å². The Morgan fingerprint density at radius 1 is 1.29 bits per heavy atom. The average molecular weight is 101 g/mol. The van der Waals surface area contributed by atoms with Crippen molar-refractivity contribution in [1.82, 2.24) is 10.6 Å². The molecule has 1 N–H and O–H groups in total. The molecule has 0 saturated carbocycles. The summed E-state index contributed by atoms with van der Waals surface area (Å²) >= 11 is 0. The van der Waals surface area contributed by atoms with Gasteiger partial charge in [0, 0.05) is 13.1 Å². The van der Waals surface area contributed by atoms with Crippen molar-refractivity contribution in [3.05, 3.63) is 0 Å². The van der Waals surface area contributed by atoms with E-state index >= 15 is 0 Å². The van der Waals surface area contributed by atoms with E-state index in [2.05, 4.69) is 0 Å². The first-order valence-corrected chi connectivity index (χ1v) is 2.56. The molecule has 1 aliphatic rings. The first-order chi connectivity index (χ1) is 3.43. The first-order valence-electron chi connectivity index (χ1n) is 2.56. The minimum Gasteiger partial charge on any atom is -0.218 e. The molecule has 1 aliphatic heterocycles. The molecule has 0 unspecified atom stereocenters. The first kappa shape index (κ1) is 5.03. The molecule has 3 heteroatoms. The second kappa shape index (κ2) is 2.26. The third kappa shape index (κ3) is 1.12. The molecule has 0 spiro atoms. The van der Waals surface area contributed by atoms with Gasteiger partial charge in [-0.15, -0.1) is 5.21 Å². The Labute approximate surface area is 42.9 Å². The highest BCUT2D eigenvalue weighted by molar-refractivity contribution is 4.57. The molecule has 0 atom stereocenters. The summed E-state index contributed by atoms with van der Waals surface area (Å²) < 4.78 is 0. The highest BCUT2D eigenvalue weighted by Gasteiger charge is 2.08. The molecular formula is C4H9N2O. The summed E-state index contributed by atoms with van der Waals surface area (Å²) in [6.07, 6.45) is 2.32. The van der Waals surface area contributed by atoms with Crippen LogP contribution >= 0.6 is 0 Å². The van der Waals surface area contributed by atoms with Gasteiger partial charge in [0.1, 0.15) is 0 Å². The van der Waals surface area contributed by atoms with Crippen molar-refractivity contribution >= 4 is 0 Å². The molecular weight excluding hydrogens is 92.1 g/mol. The van der Waals surface area contributed by atoms with Crippen molar-refractivity contribution in [3.63, 3.8) is 0 Å². The molecule has 0 amide bonds. The van der Waals surface area contributed by atoms with E-state index in [1.807, 2.05) is 5.59 Å². The fourth-order valence-corrected chi connectivity index (χ4v) is 0.808. The summed E-state index contributed by atoms with van der Waals surface area (Å²) in [7, 11) is 0. The van der Waals surface area contributed by atoms with Gasteiger partial charge in [-0.05, 0) is 12.8 Å². The summed E-state index contributed by atoms with van der Waals surface area (Å²) in [4.78, 5) is 0. The molecule has 1 fully saturated rings. The maximum atomic E-state index is 9.81. The average Bonchev–Trinajstić information content (AvgIpc) is 2.14. The van der Waals surface area contributed by atoms with E-state index in [0.29, 0.717) is 0 Å². The standard InChI is InChI=1S/C4H9N2O/c7-5-6-3-1-2-4-6/h5H,1-4H2. The second-order valence-electron chi connectivity index (χ2n) is 1.79. The van der Waals surface area contributed by atoms with Crippen LogP contribution in [-0.2, 0) is 5.21 Å². The molecule has 0 bridgehead atoms. The Morgan fingerprint density at radius 2 is 1.86 bits per heavy atom. The van der Waals surface area contributed by atoms with Crippen molar-refractivity contribution in [1.29, 1.82) is 0 Å². The molecule has 0 aromatic rings.